The number of imidazole rings is 1. The molecule has 0 fully saturated rings. The number of halogens is 1. The highest BCUT2D eigenvalue weighted by atomic mass is 19.1. The summed E-state index contributed by atoms with van der Waals surface area (Å²) in [7, 11) is 0. The molecule has 3 aromatic rings. The van der Waals surface area contributed by atoms with Crippen LogP contribution in [-0.2, 0) is 0 Å². The number of nitrogens with one attached hydrogen (secondary N) is 1. The first-order chi connectivity index (χ1) is 10.2. The number of anilines is 1. The minimum atomic E-state index is -0.660. The second-order valence-corrected chi connectivity index (χ2v) is 4.09. The lowest BCUT2D eigenvalue weighted by Crippen LogP contribution is -2.10. The van der Waals surface area contributed by atoms with Gasteiger partial charge in [0.2, 0.25) is 5.65 Å². The summed E-state index contributed by atoms with van der Waals surface area (Å²) in [5.41, 5.74) is 3.01. The SMILES string of the molecule is N#Cc1ccc(Oc2nc(NN)cn3ccnc23)c(F)c1. The van der Waals surface area contributed by atoms with Crippen molar-refractivity contribution in [3.05, 3.63) is 48.2 Å². The largest absolute Gasteiger partial charge is 0.433 e. The van der Waals surface area contributed by atoms with Gasteiger partial charge in [-0.25, -0.2) is 15.2 Å². The topological polar surface area (TPSA) is 101 Å². The first kappa shape index (κ1) is 12.8. The highest BCUT2D eigenvalue weighted by molar-refractivity contribution is 5.55. The van der Waals surface area contributed by atoms with Gasteiger partial charge >= 0.3 is 0 Å². The van der Waals surface area contributed by atoms with Crippen LogP contribution in [0.4, 0.5) is 10.2 Å². The minimum absolute atomic E-state index is 0.0550. The van der Waals surface area contributed by atoms with Crippen molar-refractivity contribution in [1.29, 1.82) is 5.26 Å². The fourth-order valence-electron chi connectivity index (χ4n) is 1.80. The summed E-state index contributed by atoms with van der Waals surface area (Å²) in [5.74, 6) is 5.05. The predicted octanol–water partition coefficient (Wildman–Crippen LogP) is 1.82. The van der Waals surface area contributed by atoms with Crippen LogP contribution < -0.4 is 16.0 Å². The average Bonchev–Trinajstić information content (AvgIpc) is 2.97. The molecule has 7 nitrogen and oxygen atoms in total. The van der Waals surface area contributed by atoms with Crippen LogP contribution in [0.3, 0.4) is 0 Å². The van der Waals surface area contributed by atoms with Gasteiger partial charge in [-0.3, -0.25) is 4.40 Å². The van der Waals surface area contributed by atoms with Crippen LogP contribution in [0, 0.1) is 17.1 Å². The van der Waals surface area contributed by atoms with E-state index < -0.39 is 5.82 Å². The number of hydrogen-bond donors (Lipinski definition) is 2. The van der Waals surface area contributed by atoms with Crippen molar-refractivity contribution in [2.45, 2.75) is 0 Å². The molecule has 0 saturated heterocycles. The highest BCUT2D eigenvalue weighted by Gasteiger charge is 2.12. The van der Waals surface area contributed by atoms with Crippen molar-refractivity contribution in [2.24, 2.45) is 5.84 Å². The molecule has 0 unspecified atom stereocenters. The number of rotatable bonds is 3. The zero-order chi connectivity index (χ0) is 14.8. The van der Waals surface area contributed by atoms with E-state index in [1.165, 1.54) is 12.1 Å². The maximum Gasteiger partial charge on any atom is 0.266 e. The molecule has 0 amide bonds. The number of aromatic nitrogens is 3. The van der Waals surface area contributed by atoms with Gasteiger partial charge in [0.25, 0.3) is 5.88 Å². The maximum atomic E-state index is 13.9. The van der Waals surface area contributed by atoms with E-state index in [-0.39, 0.29) is 17.2 Å². The third kappa shape index (κ3) is 2.33. The average molecular weight is 284 g/mol. The molecule has 0 radical (unpaired) electrons. The molecule has 21 heavy (non-hydrogen) atoms. The first-order valence-corrected chi connectivity index (χ1v) is 5.89. The predicted molar refractivity (Wildman–Crippen MR) is 72.0 cm³/mol. The number of hydrazine groups is 1. The van der Waals surface area contributed by atoms with Gasteiger partial charge in [-0.2, -0.15) is 10.2 Å². The van der Waals surface area contributed by atoms with E-state index in [9.17, 15) is 4.39 Å². The molecule has 3 N–H and O–H groups in total. The van der Waals surface area contributed by atoms with Crippen LogP contribution in [0.1, 0.15) is 5.56 Å². The lowest BCUT2D eigenvalue weighted by molar-refractivity contribution is 0.429. The van der Waals surface area contributed by atoms with E-state index in [1.54, 1.807) is 23.0 Å². The summed E-state index contributed by atoms with van der Waals surface area (Å²) in [5, 5.41) is 8.72. The third-order valence-corrected chi connectivity index (χ3v) is 2.76. The summed E-state index contributed by atoms with van der Waals surface area (Å²) >= 11 is 0. The molecule has 8 heteroatoms. The molecule has 2 aromatic heterocycles. The second-order valence-electron chi connectivity index (χ2n) is 4.09. The number of hydrogen-bond acceptors (Lipinski definition) is 6. The summed E-state index contributed by atoms with van der Waals surface area (Å²) in [6.07, 6.45) is 4.85. The summed E-state index contributed by atoms with van der Waals surface area (Å²) in [4.78, 5) is 8.18. The standard InChI is InChI=1S/C13H9FN6O/c14-9-5-8(6-15)1-2-10(9)21-13-12-17-3-4-20(12)7-11(18-13)19-16/h1-5,7,19H,16H2. The molecule has 2 heterocycles. The normalized spacial score (nSPS) is 10.3. The van der Waals surface area contributed by atoms with Gasteiger partial charge in [-0.1, -0.05) is 0 Å². The van der Waals surface area contributed by atoms with E-state index in [4.69, 9.17) is 15.8 Å². The van der Waals surface area contributed by atoms with Crippen LogP contribution in [0.15, 0.2) is 36.8 Å². The second kappa shape index (κ2) is 5.07. The molecular weight excluding hydrogens is 275 g/mol. The van der Waals surface area contributed by atoms with E-state index in [2.05, 4.69) is 15.4 Å². The lowest BCUT2D eigenvalue weighted by Gasteiger charge is -2.09. The van der Waals surface area contributed by atoms with Crippen molar-refractivity contribution in [2.75, 3.05) is 5.43 Å². The molecule has 0 saturated carbocycles. The molecule has 1 aromatic carbocycles. The maximum absolute atomic E-state index is 13.9. The van der Waals surface area contributed by atoms with Crippen LogP contribution in [-0.4, -0.2) is 14.4 Å². The molecule has 104 valence electrons. The molecule has 0 aliphatic heterocycles. The fraction of sp³-hybridized carbons (Fsp3) is 0. The van der Waals surface area contributed by atoms with E-state index in [1.807, 2.05) is 6.07 Å². The Hall–Kier alpha value is -3.18. The number of fused-ring (bicyclic) bond motifs is 1. The Bertz CT molecular complexity index is 853. The Balaban J connectivity index is 2.05. The molecule has 3 rings (SSSR count). The van der Waals surface area contributed by atoms with Crippen LogP contribution in [0.5, 0.6) is 11.6 Å². The van der Waals surface area contributed by atoms with Gasteiger partial charge in [-0.05, 0) is 18.2 Å². The smallest absolute Gasteiger partial charge is 0.266 e. The Morgan fingerprint density at radius 3 is 3.00 bits per heavy atom. The summed E-state index contributed by atoms with van der Waals surface area (Å²) in [6.45, 7) is 0. The number of nitrogen functional groups attached to an aromatic ring is 1. The van der Waals surface area contributed by atoms with Crippen molar-refractivity contribution in [3.8, 4) is 17.7 Å². The highest BCUT2D eigenvalue weighted by Crippen LogP contribution is 2.27. The van der Waals surface area contributed by atoms with Gasteiger partial charge in [-0.15, -0.1) is 0 Å². The van der Waals surface area contributed by atoms with Crippen LogP contribution >= 0.6 is 0 Å². The monoisotopic (exact) mass is 284 g/mol. The third-order valence-electron chi connectivity index (χ3n) is 2.76. The van der Waals surface area contributed by atoms with Gasteiger partial charge in [0, 0.05) is 12.4 Å². The Kier molecular flexibility index (Phi) is 3.10. The van der Waals surface area contributed by atoms with Crippen LogP contribution in [0.2, 0.25) is 0 Å². The van der Waals surface area contributed by atoms with Crippen molar-refractivity contribution >= 4 is 11.5 Å². The van der Waals surface area contributed by atoms with E-state index in [0.717, 1.165) is 6.07 Å². The molecule has 0 atom stereocenters. The fourth-order valence-corrected chi connectivity index (χ4v) is 1.80. The Morgan fingerprint density at radius 2 is 2.29 bits per heavy atom. The minimum Gasteiger partial charge on any atom is -0.433 e. The summed E-state index contributed by atoms with van der Waals surface area (Å²) in [6, 6.07) is 5.74. The molecule has 0 aliphatic carbocycles. The van der Waals surface area contributed by atoms with Gasteiger partial charge in [0.1, 0.15) is 0 Å². The summed E-state index contributed by atoms with van der Waals surface area (Å²) < 4.78 is 20.9. The van der Waals surface area contributed by atoms with Crippen molar-refractivity contribution in [1.82, 2.24) is 14.4 Å². The number of ether oxygens (including phenoxy) is 1. The van der Waals surface area contributed by atoms with E-state index >= 15 is 0 Å². The lowest BCUT2D eigenvalue weighted by atomic mass is 10.2. The zero-order valence-corrected chi connectivity index (χ0v) is 10.6. The quantitative estimate of drug-likeness (QED) is 0.562. The van der Waals surface area contributed by atoms with Crippen molar-refractivity contribution in [3.63, 3.8) is 0 Å². The van der Waals surface area contributed by atoms with E-state index in [0.29, 0.717) is 11.5 Å². The Morgan fingerprint density at radius 1 is 1.43 bits per heavy atom. The van der Waals surface area contributed by atoms with Gasteiger partial charge in [0.05, 0.1) is 17.8 Å². The Labute approximate surface area is 118 Å². The zero-order valence-electron chi connectivity index (χ0n) is 10.6. The molecule has 0 spiro atoms. The number of nitrogens with two attached hydrogens (primary N) is 1. The van der Waals surface area contributed by atoms with Crippen molar-refractivity contribution < 1.29 is 9.13 Å². The molecular formula is C13H9FN6O. The van der Waals surface area contributed by atoms with Crippen LogP contribution in [0.25, 0.3) is 5.65 Å². The van der Waals surface area contributed by atoms with Gasteiger partial charge < -0.3 is 10.2 Å². The van der Waals surface area contributed by atoms with Gasteiger partial charge in [0.15, 0.2) is 17.4 Å². The molecule has 0 aliphatic rings. The number of nitrogens with zero attached hydrogens (tertiary/aromatic N) is 4. The number of nitriles is 1. The molecule has 0 bridgehead atoms. The first-order valence-electron chi connectivity index (χ1n) is 5.89. The number of benzene rings is 1.